The van der Waals surface area contributed by atoms with Crippen molar-refractivity contribution in [3.05, 3.63) is 63.1 Å². The number of rotatable bonds is 16. The van der Waals surface area contributed by atoms with Crippen LogP contribution in [0.2, 0.25) is 10.0 Å². The predicted octanol–water partition coefficient (Wildman–Crippen LogP) is 10.5. The van der Waals surface area contributed by atoms with Crippen molar-refractivity contribution >= 4 is 63.8 Å². The van der Waals surface area contributed by atoms with Gasteiger partial charge in [-0.15, -0.1) is 0 Å². The molecule has 0 aliphatic rings. The van der Waals surface area contributed by atoms with Crippen LogP contribution in [-0.2, 0) is 0 Å². The van der Waals surface area contributed by atoms with Crippen molar-refractivity contribution in [1.29, 1.82) is 0 Å². The van der Waals surface area contributed by atoms with Gasteiger partial charge in [0.25, 0.3) is 0 Å². The summed E-state index contributed by atoms with van der Waals surface area (Å²) in [5.41, 5.74) is 4.73. The molecule has 6 nitrogen and oxygen atoms in total. The molecule has 0 saturated carbocycles. The summed E-state index contributed by atoms with van der Waals surface area (Å²) in [5.74, 6) is 0. The second kappa shape index (κ2) is 18.9. The van der Waals surface area contributed by atoms with E-state index in [-0.39, 0.29) is 12.1 Å². The molecule has 0 aliphatic heterocycles. The van der Waals surface area contributed by atoms with Crippen LogP contribution in [-0.4, -0.2) is 48.0 Å². The fourth-order valence-corrected chi connectivity index (χ4v) is 4.87. The van der Waals surface area contributed by atoms with Crippen LogP contribution in [0.5, 0.6) is 0 Å². The number of carbonyl (C=O) groups is 2. The van der Waals surface area contributed by atoms with Gasteiger partial charge in [0.05, 0.1) is 21.4 Å². The van der Waals surface area contributed by atoms with Crippen molar-refractivity contribution in [1.82, 2.24) is 9.80 Å². The predicted molar refractivity (Wildman–Crippen MR) is 177 cm³/mol. The number of benzene rings is 2. The number of urea groups is 2. The molecule has 0 unspecified atom stereocenters. The lowest BCUT2D eigenvalue weighted by atomic mass is 9.98. The molecule has 0 spiro atoms. The second-order valence-corrected chi connectivity index (χ2v) is 11.2. The van der Waals surface area contributed by atoms with Crippen LogP contribution in [0.3, 0.4) is 0 Å². The van der Waals surface area contributed by atoms with Gasteiger partial charge < -0.3 is 20.4 Å². The second-order valence-electron chi connectivity index (χ2n) is 10.2. The molecule has 0 bridgehead atoms. The Morgan fingerprint density at radius 1 is 0.659 bits per heavy atom. The van der Waals surface area contributed by atoms with Crippen molar-refractivity contribution in [3.8, 4) is 0 Å². The quantitative estimate of drug-likeness (QED) is 0.195. The number of amides is 4. The van der Waals surface area contributed by atoms with E-state index in [9.17, 15) is 9.59 Å². The minimum Gasteiger partial charge on any atom is -0.325 e. The third kappa shape index (κ3) is 11.1. The standard InChI is InChI=1S/C32H45Cl3N4O2/c1-5-9-17-38(18-10-6-2)31(40)36-29-21-24(13-15-27(29)34)26(23-33)25-14-16-28(35)30(22-25)37-32(41)39(19-11-7-3)20-12-8-4/h13-16,21-23H,5-12,17-20H2,1-4H3,(H,36,40)(H,37,41). The highest BCUT2D eigenvalue weighted by molar-refractivity contribution is 6.34. The van der Waals surface area contributed by atoms with Crippen molar-refractivity contribution < 1.29 is 9.59 Å². The zero-order valence-electron chi connectivity index (χ0n) is 24.9. The summed E-state index contributed by atoms with van der Waals surface area (Å²) in [4.78, 5) is 29.9. The number of hydrogen-bond donors (Lipinski definition) is 2. The Hall–Kier alpha value is -2.41. The van der Waals surface area contributed by atoms with Gasteiger partial charge >= 0.3 is 12.1 Å². The minimum absolute atomic E-state index is 0.172. The van der Waals surface area contributed by atoms with Gasteiger partial charge in [-0.1, -0.05) is 100 Å². The largest absolute Gasteiger partial charge is 0.325 e. The number of nitrogens with one attached hydrogen (secondary N) is 2. The molecule has 0 radical (unpaired) electrons. The van der Waals surface area contributed by atoms with Gasteiger partial charge in [-0.25, -0.2) is 9.59 Å². The summed E-state index contributed by atoms with van der Waals surface area (Å²) in [6.45, 7) is 11.2. The van der Waals surface area contributed by atoms with Gasteiger partial charge in [-0.2, -0.15) is 0 Å². The molecule has 0 aromatic heterocycles. The molecule has 9 heteroatoms. The fraction of sp³-hybridized carbons (Fsp3) is 0.500. The number of anilines is 2. The van der Waals surface area contributed by atoms with Crippen LogP contribution >= 0.6 is 34.8 Å². The van der Waals surface area contributed by atoms with Gasteiger partial charge in [0.1, 0.15) is 0 Å². The Kier molecular flexibility index (Phi) is 16.0. The third-order valence-electron chi connectivity index (χ3n) is 6.85. The molecule has 0 heterocycles. The Morgan fingerprint density at radius 3 is 1.29 bits per heavy atom. The summed E-state index contributed by atoms with van der Waals surface area (Å²) < 4.78 is 0. The third-order valence-corrected chi connectivity index (χ3v) is 7.73. The Bertz CT molecular complexity index is 1050. The van der Waals surface area contributed by atoms with Gasteiger partial charge in [0.15, 0.2) is 0 Å². The van der Waals surface area contributed by atoms with Crippen molar-refractivity contribution in [2.45, 2.75) is 79.1 Å². The van der Waals surface area contributed by atoms with Crippen molar-refractivity contribution in [2.75, 3.05) is 36.8 Å². The first-order chi connectivity index (χ1) is 19.8. The monoisotopic (exact) mass is 622 g/mol. The Morgan fingerprint density at radius 2 is 1.00 bits per heavy atom. The maximum Gasteiger partial charge on any atom is 0.321 e. The normalized spacial score (nSPS) is 10.7. The molecule has 2 N–H and O–H groups in total. The fourth-order valence-electron chi connectivity index (χ4n) is 4.28. The van der Waals surface area contributed by atoms with Gasteiger partial charge in [-0.05, 0) is 61.1 Å². The van der Waals surface area contributed by atoms with Crippen LogP contribution < -0.4 is 10.6 Å². The first-order valence-electron chi connectivity index (χ1n) is 14.8. The van der Waals surface area contributed by atoms with Crippen LogP contribution in [0.25, 0.3) is 5.57 Å². The molecule has 226 valence electrons. The number of carbonyl (C=O) groups excluding carboxylic acids is 2. The lowest BCUT2D eigenvalue weighted by Gasteiger charge is -2.24. The minimum atomic E-state index is -0.172. The summed E-state index contributed by atoms with van der Waals surface area (Å²) in [5, 5.41) is 6.86. The van der Waals surface area contributed by atoms with Crippen LogP contribution in [0.1, 0.15) is 90.2 Å². The van der Waals surface area contributed by atoms with E-state index in [2.05, 4.69) is 38.3 Å². The average Bonchev–Trinajstić information content (AvgIpc) is 2.96. The zero-order valence-corrected chi connectivity index (χ0v) is 27.1. The number of nitrogens with zero attached hydrogens (tertiary/aromatic N) is 2. The molecule has 2 rings (SSSR count). The number of halogens is 3. The molecule has 4 amide bonds. The van der Waals surface area contributed by atoms with Crippen LogP contribution in [0.15, 0.2) is 41.9 Å². The zero-order chi connectivity index (χ0) is 30.2. The van der Waals surface area contributed by atoms with Gasteiger partial charge in [0, 0.05) is 37.3 Å². The van der Waals surface area contributed by atoms with E-state index in [1.807, 2.05) is 34.1 Å². The Labute approximate surface area is 261 Å². The van der Waals surface area contributed by atoms with Gasteiger partial charge in [-0.3, -0.25) is 0 Å². The van der Waals surface area contributed by atoms with E-state index in [0.717, 1.165) is 62.5 Å². The number of unbranched alkanes of at least 4 members (excludes halogenated alkanes) is 4. The lowest BCUT2D eigenvalue weighted by Crippen LogP contribution is -2.36. The molecular formula is C32H45Cl3N4O2. The molecule has 0 fully saturated rings. The maximum absolute atomic E-state index is 13.1. The van der Waals surface area contributed by atoms with E-state index in [0.29, 0.717) is 53.2 Å². The molecule has 41 heavy (non-hydrogen) atoms. The molecular weight excluding hydrogens is 579 g/mol. The van der Waals surface area contributed by atoms with E-state index < -0.39 is 0 Å². The molecule has 0 atom stereocenters. The molecule has 2 aromatic rings. The summed E-state index contributed by atoms with van der Waals surface area (Å²) in [7, 11) is 0. The summed E-state index contributed by atoms with van der Waals surface area (Å²) >= 11 is 19.3. The molecule has 0 aliphatic carbocycles. The number of hydrogen-bond acceptors (Lipinski definition) is 2. The lowest BCUT2D eigenvalue weighted by molar-refractivity contribution is 0.209. The molecule has 2 aromatic carbocycles. The maximum atomic E-state index is 13.1. The Balaban J connectivity index is 2.30. The summed E-state index contributed by atoms with van der Waals surface area (Å²) in [6, 6.07) is 10.5. The SMILES string of the molecule is CCCCN(CCCC)C(=O)Nc1cc(C(=CCl)c2ccc(Cl)c(NC(=O)N(CCCC)CCCC)c2)ccc1Cl. The smallest absolute Gasteiger partial charge is 0.321 e. The van der Waals surface area contributed by atoms with Crippen molar-refractivity contribution in [3.63, 3.8) is 0 Å². The summed E-state index contributed by atoms with van der Waals surface area (Å²) in [6.07, 6.45) is 7.79. The van der Waals surface area contributed by atoms with E-state index in [1.165, 1.54) is 5.54 Å². The van der Waals surface area contributed by atoms with E-state index >= 15 is 0 Å². The molecule has 0 saturated heterocycles. The van der Waals surface area contributed by atoms with Crippen LogP contribution in [0.4, 0.5) is 21.0 Å². The first kappa shape index (κ1) is 34.8. The van der Waals surface area contributed by atoms with E-state index in [4.69, 9.17) is 34.8 Å². The van der Waals surface area contributed by atoms with Crippen molar-refractivity contribution in [2.24, 2.45) is 0 Å². The highest BCUT2D eigenvalue weighted by Gasteiger charge is 2.18. The van der Waals surface area contributed by atoms with E-state index in [1.54, 1.807) is 12.1 Å². The van der Waals surface area contributed by atoms with Crippen LogP contribution in [0, 0.1) is 0 Å². The first-order valence-corrected chi connectivity index (χ1v) is 16.0. The van der Waals surface area contributed by atoms with Gasteiger partial charge in [0.2, 0.25) is 0 Å². The highest BCUT2D eigenvalue weighted by Crippen LogP contribution is 2.34. The highest BCUT2D eigenvalue weighted by atomic mass is 35.5. The topological polar surface area (TPSA) is 64.7 Å². The average molecular weight is 624 g/mol.